The van der Waals surface area contributed by atoms with Crippen molar-refractivity contribution in [3.8, 4) is 11.5 Å². The zero-order valence-electron chi connectivity index (χ0n) is 17.2. The van der Waals surface area contributed by atoms with E-state index in [9.17, 15) is 4.79 Å². The van der Waals surface area contributed by atoms with Crippen LogP contribution in [0, 0.1) is 12.8 Å². The Morgan fingerprint density at radius 3 is 2.52 bits per heavy atom. The molecule has 1 N–H and O–H groups in total. The average Bonchev–Trinajstić information content (AvgIpc) is 2.74. The summed E-state index contributed by atoms with van der Waals surface area (Å²) in [6.07, 6.45) is 3.27. The van der Waals surface area contributed by atoms with Gasteiger partial charge < -0.3 is 14.4 Å². The molecule has 152 valence electrons. The zero-order valence-corrected chi connectivity index (χ0v) is 17.2. The minimum atomic E-state index is -0.144. The molecule has 29 heavy (non-hydrogen) atoms. The molecule has 0 bridgehead atoms. The van der Waals surface area contributed by atoms with Gasteiger partial charge in [0.15, 0.2) is 11.5 Å². The van der Waals surface area contributed by atoms with Gasteiger partial charge in [-0.05, 0) is 37.7 Å². The third kappa shape index (κ3) is 3.79. The molecule has 0 atom stereocenters. The number of benzene rings is 2. The van der Waals surface area contributed by atoms with Crippen LogP contribution in [0.2, 0.25) is 0 Å². The van der Waals surface area contributed by atoms with Crippen molar-refractivity contribution >= 4 is 16.9 Å². The lowest BCUT2D eigenvalue weighted by molar-refractivity contribution is 0.354. The van der Waals surface area contributed by atoms with Crippen LogP contribution in [0.25, 0.3) is 10.9 Å². The summed E-state index contributed by atoms with van der Waals surface area (Å²) < 4.78 is 10.9. The van der Waals surface area contributed by atoms with Crippen molar-refractivity contribution < 1.29 is 9.47 Å². The van der Waals surface area contributed by atoms with Gasteiger partial charge in [-0.2, -0.15) is 0 Å². The third-order valence-electron chi connectivity index (χ3n) is 5.85. The highest BCUT2D eigenvalue weighted by Gasteiger charge is 2.23. The van der Waals surface area contributed by atoms with E-state index in [1.165, 1.54) is 5.56 Å². The zero-order chi connectivity index (χ0) is 20.4. The Balaban J connectivity index is 1.56. The van der Waals surface area contributed by atoms with E-state index < -0.39 is 0 Å². The number of nitrogens with zero attached hydrogens (tertiary/aromatic N) is 2. The second-order valence-corrected chi connectivity index (χ2v) is 7.64. The lowest BCUT2D eigenvalue weighted by Crippen LogP contribution is -2.36. The number of rotatable bonds is 5. The predicted molar refractivity (Wildman–Crippen MR) is 115 cm³/mol. The van der Waals surface area contributed by atoms with Crippen molar-refractivity contribution in [2.24, 2.45) is 5.92 Å². The highest BCUT2D eigenvalue weighted by atomic mass is 16.5. The van der Waals surface area contributed by atoms with Crippen molar-refractivity contribution in [1.29, 1.82) is 0 Å². The van der Waals surface area contributed by atoms with Crippen LogP contribution >= 0.6 is 0 Å². The minimum absolute atomic E-state index is 0.144. The smallest absolute Gasteiger partial charge is 0.260 e. The van der Waals surface area contributed by atoms with Crippen molar-refractivity contribution in [3.63, 3.8) is 0 Å². The van der Waals surface area contributed by atoms with Crippen LogP contribution in [0.5, 0.6) is 11.5 Å². The molecule has 1 aliphatic rings. The van der Waals surface area contributed by atoms with Gasteiger partial charge in [0.1, 0.15) is 0 Å². The van der Waals surface area contributed by atoms with Gasteiger partial charge in [-0.3, -0.25) is 9.78 Å². The largest absolute Gasteiger partial charge is 0.493 e. The highest BCUT2D eigenvalue weighted by Crippen LogP contribution is 2.35. The second-order valence-electron chi connectivity index (χ2n) is 7.64. The van der Waals surface area contributed by atoms with Crippen LogP contribution in [0.15, 0.2) is 41.2 Å². The Bertz CT molecular complexity index is 1050. The molecular weight excluding hydrogens is 366 g/mol. The number of aromatic nitrogens is 2. The van der Waals surface area contributed by atoms with Gasteiger partial charge in [0.25, 0.3) is 5.56 Å². The van der Waals surface area contributed by atoms with E-state index >= 15 is 0 Å². The lowest BCUT2D eigenvalue weighted by atomic mass is 9.90. The first-order chi connectivity index (χ1) is 14.1. The number of anilines is 1. The second kappa shape index (κ2) is 8.15. The van der Waals surface area contributed by atoms with Gasteiger partial charge in [0, 0.05) is 24.7 Å². The molecule has 2 heterocycles. The maximum Gasteiger partial charge on any atom is 0.260 e. The molecule has 3 aromatic rings. The summed E-state index contributed by atoms with van der Waals surface area (Å²) in [6, 6.07) is 12.4. The predicted octanol–water partition coefficient (Wildman–Crippen LogP) is 3.71. The van der Waals surface area contributed by atoms with Crippen molar-refractivity contribution in [3.05, 3.63) is 57.9 Å². The first-order valence-electron chi connectivity index (χ1n) is 10.0. The summed E-state index contributed by atoms with van der Waals surface area (Å²) >= 11 is 0. The number of H-pyrrole nitrogens is 1. The normalized spacial score (nSPS) is 14.9. The number of methoxy groups -OCH3 is 2. The molecule has 0 amide bonds. The molecule has 4 rings (SSSR count). The van der Waals surface area contributed by atoms with E-state index in [2.05, 4.69) is 40.2 Å². The number of hydrogen-bond donors (Lipinski definition) is 1. The summed E-state index contributed by atoms with van der Waals surface area (Å²) in [5, 5.41) is 0.547. The molecular formula is C23H27N3O3. The SMILES string of the molecule is COc1cc2nc(N3CCC(Cc4ccccc4)CC3)[nH]c(=O)c2c(C)c1OC. The fourth-order valence-electron chi connectivity index (χ4n) is 4.28. The van der Waals surface area contributed by atoms with Gasteiger partial charge in [-0.25, -0.2) is 4.98 Å². The van der Waals surface area contributed by atoms with Gasteiger partial charge in [-0.15, -0.1) is 0 Å². The molecule has 0 saturated carbocycles. The van der Waals surface area contributed by atoms with Crippen LogP contribution in [0.3, 0.4) is 0 Å². The van der Waals surface area contributed by atoms with Gasteiger partial charge in [0.2, 0.25) is 5.95 Å². The first kappa shape index (κ1) is 19.3. The fourth-order valence-corrected chi connectivity index (χ4v) is 4.28. The Kier molecular flexibility index (Phi) is 5.43. The number of ether oxygens (including phenoxy) is 2. The molecule has 6 heteroatoms. The first-order valence-corrected chi connectivity index (χ1v) is 10.0. The number of aryl methyl sites for hydroxylation is 1. The van der Waals surface area contributed by atoms with Crippen molar-refractivity contribution in [1.82, 2.24) is 9.97 Å². The Labute approximate surface area is 170 Å². The quantitative estimate of drug-likeness (QED) is 0.716. The maximum atomic E-state index is 12.8. The summed E-state index contributed by atoms with van der Waals surface area (Å²) in [4.78, 5) is 22.7. The third-order valence-corrected chi connectivity index (χ3v) is 5.85. The van der Waals surface area contributed by atoms with Crippen molar-refractivity contribution in [2.75, 3.05) is 32.2 Å². The summed E-state index contributed by atoms with van der Waals surface area (Å²) in [6.45, 7) is 3.63. The maximum absolute atomic E-state index is 12.8. The summed E-state index contributed by atoms with van der Waals surface area (Å²) in [7, 11) is 3.17. The van der Waals surface area contributed by atoms with E-state index in [-0.39, 0.29) is 5.56 Å². The molecule has 0 unspecified atom stereocenters. The summed E-state index contributed by atoms with van der Waals surface area (Å²) in [5.74, 6) is 2.45. The standard InChI is InChI=1S/C23H27N3O3/c1-15-20-18(14-19(28-2)21(15)29-3)24-23(25-22(20)27)26-11-9-17(10-12-26)13-16-7-5-4-6-8-16/h4-8,14,17H,9-13H2,1-3H3,(H,24,25,27). The van der Waals surface area contributed by atoms with Gasteiger partial charge in [-0.1, -0.05) is 30.3 Å². The van der Waals surface area contributed by atoms with Crippen LogP contribution in [0.4, 0.5) is 5.95 Å². The molecule has 0 radical (unpaired) electrons. The van der Waals surface area contributed by atoms with Crippen LogP contribution in [0.1, 0.15) is 24.0 Å². The number of fused-ring (bicyclic) bond motifs is 1. The van der Waals surface area contributed by atoms with Crippen LogP contribution < -0.4 is 19.9 Å². The number of piperidine rings is 1. The molecule has 2 aromatic carbocycles. The molecule has 1 aliphatic heterocycles. The highest BCUT2D eigenvalue weighted by molar-refractivity contribution is 5.86. The van der Waals surface area contributed by atoms with Gasteiger partial charge >= 0.3 is 0 Å². The molecule has 0 spiro atoms. The van der Waals surface area contributed by atoms with Crippen molar-refractivity contribution in [2.45, 2.75) is 26.2 Å². The number of aromatic amines is 1. The van der Waals surface area contributed by atoms with Crippen LogP contribution in [-0.4, -0.2) is 37.3 Å². The molecule has 1 aromatic heterocycles. The molecule has 0 aliphatic carbocycles. The number of hydrogen-bond acceptors (Lipinski definition) is 5. The van der Waals surface area contributed by atoms with E-state index in [1.807, 2.05) is 6.92 Å². The topological polar surface area (TPSA) is 67.5 Å². The van der Waals surface area contributed by atoms with E-state index in [1.54, 1.807) is 20.3 Å². The van der Waals surface area contributed by atoms with E-state index in [4.69, 9.17) is 14.5 Å². The monoisotopic (exact) mass is 393 g/mol. The van der Waals surface area contributed by atoms with Gasteiger partial charge in [0.05, 0.1) is 25.1 Å². The van der Waals surface area contributed by atoms with Crippen LogP contribution in [-0.2, 0) is 6.42 Å². The van der Waals surface area contributed by atoms with E-state index in [0.717, 1.165) is 37.9 Å². The molecule has 1 saturated heterocycles. The van der Waals surface area contributed by atoms with E-state index in [0.29, 0.717) is 34.3 Å². The molecule has 6 nitrogen and oxygen atoms in total. The Hall–Kier alpha value is -3.02. The Morgan fingerprint density at radius 1 is 1.14 bits per heavy atom. The lowest BCUT2D eigenvalue weighted by Gasteiger charge is -2.32. The number of nitrogens with one attached hydrogen (secondary N) is 1. The average molecular weight is 393 g/mol. The fraction of sp³-hybridized carbons (Fsp3) is 0.391. The molecule has 1 fully saturated rings. The Morgan fingerprint density at radius 2 is 1.86 bits per heavy atom. The summed E-state index contributed by atoms with van der Waals surface area (Å²) in [5.41, 5.74) is 2.61. The minimum Gasteiger partial charge on any atom is -0.493 e.